The van der Waals surface area contributed by atoms with Crippen LogP contribution in [0.15, 0.2) is 0 Å². The van der Waals surface area contributed by atoms with Gasteiger partial charge in [0.2, 0.25) is 5.91 Å². The number of hydrogen-bond donors (Lipinski definition) is 1. The van der Waals surface area contributed by atoms with Crippen molar-refractivity contribution in [1.82, 2.24) is 0 Å². The van der Waals surface area contributed by atoms with Gasteiger partial charge in [-0.05, 0) is 25.7 Å². The molecule has 74 valence electrons. The second-order valence-corrected chi connectivity index (χ2v) is 6.49. The Morgan fingerprint density at radius 3 is 2.00 bits per heavy atom. The van der Waals surface area contributed by atoms with Crippen LogP contribution in [0.25, 0.3) is 0 Å². The minimum Gasteiger partial charge on any atom is -0.369 e. The van der Waals surface area contributed by atoms with Crippen LogP contribution >= 0.6 is 0 Å². The highest BCUT2D eigenvalue weighted by Crippen LogP contribution is 2.40. The summed E-state index contributed by atoms with van der Waals surface area (Å²) in [5.41, 5.74) is 5.17. The average molecular weight is 203 g/mol. The first-order chi connectivity index (χ1) is 6.01. The molecule has 0 spiro atoms. The predicted molar refractivity (Wildman–Crippen MR) is 47.6 cm³/mol. The van der Waals surface area contributed by atoms with Crippen LogP contribution in [0.1, 0.15) is 25.7 Å². The summed E-state index contributed by atoms with van der Waals surface area (Å²) in [7, 11) is -2.90. The van der Waals surface area contributed by atoms with Crippen molar-refractivity contribution < 1.29 is 13.2 Å². The molecule has 2 saturated heterocycles. The van der Waals surface area contributed by atoms with Crippen LogP contribution < -0.4 is 5.73 Å². The van der Waals surface area contributed by atoms with Crippen LogP contribution in [0.4, 0.5) is 0 Å². The number of carbonyl (C=O) groups excluding carboxylic acids is 1. The molecule has 5 heteroatoms. The summed E-state index contributed by atoms with van der Waals surface area (Å²) in [5, 5.41) is -0.576. The first kappa shape index (κ1) is 8.99. The molecular formula is C8H13NO3S. The summed E-state index contributed by atoms with van der Waals surface area (Å²) in [5.74, 6) is -0.548. The van der Waals surface area contributed by atoms with Crippen LogP contribution in [-0.4, -0.2) is 24.8 Å². The van der Waals surface area contributed by atoms with E-state index in [0.717, 1.165) is 12.8 Å². The van der Waals surface area contributed by atoms with Crippen molar-refractivity contribution in [1.29, 1.82) is 0 Å². The molecule has 2 rings (SSSR count). The molecule has 13 heavy (non-hydrogen) atoms. The van der Waals surface area contributed by atoms with E-state index in [0.29, 0.717) is 12.8 Å². The van der Waals surface area contributed by atoms with Gasteiger partial charge in [0.1, 0.15) is 0 Å². The Balaban J connectivity index is 2.25. The van der Waals surface area contributed by atoms with Crippen molar-refractivity contribution in [2.45, 2.75) is 36.2 Å². The molecule has 0 aliphatic carbocycles. The normalized spacial score (nSPS) is 41.7. The smallest absolute Gasteiger partial charge is 0.220 e. The summed E-state index contributed by atoms with van der Waals surface area (Å²) in [6.07, 6.45) is 2.34. The van der Waals surface area contributed by atoms with Crippen LogP contribution in [0, 0.1) is 5.92 Å². The van der Waals surface area contributed by atoms with E-state index in [1.54, 1.807) is 0 Å². The maximum absolute atomic E-state index is 11.6. The zero-order valence-electron chi connectivity index (χ0n) is 7.27. The molecule has 4 nitrogen and oxygen atoms in total. The van der Waals surface area contributed by atoms with Gasteiger partial charge in [-0.15, -0.1) is 0 Å². The minimum absolute atomic E-state index is 0.207. The lowest BCUT2D eigenvalue weighted by molar-refractivity contribution is -0.122. The lowest BCUT2D eigenvalue weighted by Crippen LogP contribution is -2.38. The van der Waals surface area contributed by atoms with Crippen molar-refractivity contribution in [3.05, 3.63) is 0 Å². The van der Waals surface area contributed by atoms with E-state index in [4.69, 9.17) is 5.73 Å². The van der Waals surface area contributed by atoms with E-state index in [9.17, 15) is 13.2 Å². The maximum atomic E-state index is 11.6. The molecule has 2 aliphatic rings. The Hall–Kier alpha value is -0.580. The summed E-state index contributed by atoms with van der Waals surface area (Å²) >= 11 is 0. The molecule has 0 aromatic heterocycles. The summed E-state index contributed by atoms with van der Waals surface area (Å²) in [6, 6.07) is 0. The summed E-state index contributed by atoms with van der Waals surface area (Å²) in [4.78, 5) is 10.9. The first-order valence-electron chi connectivity index (χ1n) is 4.54. The van der Waals surface area contributed by atoms with E-state index in [1.807, 2.05) is 0 Å². The first-order valence-corrected chi connectivity index (χ1v) is 6.15. The van der Waals surface area contributed by atoms with E-state index in [-0.39, 0.29) is 22.3 Å². The largest absolute Gasteiger partial charge is 0.369 e. The molecule has 0 saturated carbocycles. The third kappa shape index (κ3) is 1.25. The molecule has 0 radical (unpaired) electrons. The third-order valence-corrected chi connectivity index (χ3v) is 5.95. The molecule has 2 fully saturated rings. The van der Waals surface area contributed by atoms with Crippen LogP contribution in [-0.2, 0) is 14.6 Å². The predicted octanol–water partition coefficient (Wildman–Crippen LogP) is -0.173. The fraction of sp³-hybridized carbons (Fsp3) is 0.875. The Labute approximate surface area is 77.4 Å². The zero-order valence-corrected chi connectivity index (χ0v) is 8.09. The number of hydrogen-bond acceptors (Lipinski definition) is 3. The van der Waals surface area contributed by atoms with Crippen molar-refractivity contribution in [2.24, 2.45) is 11.7 Å². The number of amides is 1. The summed E-state index contributed by atoms with van der Waals surface area (Å²) < 4.78 is 23.2. The van der Waals surface area contributed by atoms with Crippen molar-refractivity contribution in [3.63, 3.8) is 0 Å². The lowest BCUT2D eigenvalue weighted by atomic mass is 9.99. The van der Waals surface area contributed by atoms with Gasteiger partial charge in [-0.2, -0.15) is 0 Å². The van der Waals surface area contributed by atoms with Gasteiger partial charge >= 0.3 is 0 Å². The van der Waals surface area contributed by atoms with Gasteiger partial charge in [-0.3, -0.25) is 4.79 Å². The van der Waals surface area contributed by atoms with Crippen LogP contribution in [0.5, 0.6) is 0 Å². The topological polar surface area (TPSA) is 77.2 Å². The molecule has 2 heterocycles. The standard InChI is InChI=1S/C8H13NO3S/c9-8(10)5-3-6-1-2-7(4-5)13(6,11)12/h5-7H,1-4H2,(H2,9,10). The molecule has 0 aromatic carbocycles. The number of fused-ring (bicyclic) bond motifs is 2. The Bertz CT molecular complexity index is 315. The number of carbonyl (C=O) groups is 1. The molecular weight excluding hydrogens is 190 g/mol. The SMILES string of the molecule is NC(=O)C1CC2CCC(C1)S2(=O)=O. The fourth-order valence-corrected chi connectivity index (χ4v) is 4.91. The molecule has 0 aromatic rings. The Morgan fingerprint density at radius 1 is 1.15 bits per heavy atom. The van der Waals surface area contributed by atoms with Gasteiger partial charge in [-0.25, -0.2) is 8.42 Å². The molecule has 2 unspecified atom stereocenters. The van der Waals surface area contributed by atoms with Gasteiger partial charge in [0.15, 0.2) is 9.84 Å². The highest BCUT2D eigenvalue weighted by atomic mass is 32.2. The Kier molecular flexibility index (Phi) is 1.87. The zero-order chi connectivity index (χ0) is 9.64. The van der Waals surface area contributed by atoms with Gasteiger partial charge in [-0.1, -0.05) is 0 Å². The van der Waals surface area contributed by atoms with E-state index in [1.165, 1.54) is 0 Å². The van der Waals surface area contributed by atoms with Gasteiger partial charge in [0.25, 0.3) is 0 Å². The van der Waals surface area contributed by atoms with Crippen molar-refractivity contribution in [2.75, 3.05) is 0 Å². The fourth-order valence-electron chi connectivity index (χ4n) is 2.44. The van der Waals surface area contributed by atoms with Gasteiger partial charge < -0.3 is 5.73 Å². The molecule has 2 aliphatic heterocycles. The summed E-state index contributed by atoms with van der Waals surface area (Å²) in [6.45, 7) is 0. The second-order valence-electron chi connectivity index (χ2n) is 3.98. The highest BCUT2D eigenvalue weighted by molar-refractivity contribution is 7.93. The average Bonchev–Trinajstić information content (AvgIpc) is 2.24. The quantitative estimate of drug-likeness (QED) is 0.642. The second kappa shape index (κ2) is 2.70. The highest BCUT2D eigenvalue weighted by Gasteiger charge is 2.47. The third-order valence-electron chi connectivity index (χ3n) is 3.24. The maximum Gasteiger partial charge on any atom is 0.220 e. The number of sulfone groups is 1. The van der Waals surface area contributed by atoms with Crippen molar-refractivity contribution in [3.8, 4) is 0 Å². The van der Waals surface area contributed by atoms with Crippen LogP contribution in [0.3, 0.4) is 0 Å². The number of primary amides is 1. The lowest BCUT2D eigenvalue weighted by Gasteiger charge is -2.25. The molecule has 2 bridgehead atoms. The van der Waals surface area contributed by atoms with Gasteiger partial charge in [0, 0.05) is 5.92 Å². The monoisotopic (exact) mass is 203 g/mol. The van der Waals surface area contributed by atoms with Crippen LogP contribution in [0.2, 0.25) is 0 Å². The minimum atomic E-state index is -2.90. The van der Waals surface area contributed by atoms with E-state index >= 15 is 0 Å². The number of rotatable bonds is 1. The van der Waals surface area contributed by atoms with E-state index in [2.05, 4.69) is 0 Å². The van der Waals surface area contributed by atoms with E-state index < -0.39 is 9.84 Å². The van der Waals surface area contributed by atoms with Gasteiger partial charge in [0.05, 0.1) is 10.5 Å². The molecule has 2 N–H and O–H groups in total. The van der Waals surface area contributed by atoms with Crippen molar-refractivity contribution >= 4 is 15.7 Å². The molecule has 1 amide bonds. The molecule has 2 atom stereocenters. The number of nitrogens with two attached hydrogens (primary N) is 1. The Morgan fingerprint density at radius 2 is 1.62 bits per heavy atom.